The normalized spacial score (nSPS) is 18.9. The SMILES string of the molecule is C[Si](C)(C)C(c1cc(C([Si](C)(C)C)[Si](C)(C)C)[c]([Ge]2([Br])[CH]=Cc3ccccc3[CH2]2)c(C([Si](C)(C)C)[Si](C)(C)C)c1)[Si](C)(C)C. The standard InChI is InChI=1S/C36H67BrGeSi6/c1-39(2,3)34(40(4,5)6)30-25-31(35(41(7,8)9)42(10,11)12)33(32(26-30)36(43(13,14)15)44(16,17)18)38(37)24-23-28-21-19-20-22-29(28)27-38/h19-26,34-36H,27H2,1-18H3. The van der Waals surface area contributed by atoms with Crippen molar-refractivity contribution in [2.45, 2.75) is 139 Å². The van der Waals surface area contributed by atoms with Gasteiger partial charge in [0.05, 0.1) is 0 Å². The monoisotopic (exact) mass is 820 g/mol. The second-order valence-electron chi connectivity index (χ2n) is 20.6. The van der Waals surface area contributed by atoms with E-state index in [0.717, 1.165) is 15.5 Å². The van der Waals surface area contributed by atoms with Gasteiger partial charge in [-0.2, -0.15) is 0 Å². The number of rotatable bonds is 10. The minimum atomic E-state index is -2.90. The fourth-order valence-corrected chi connectivity index (χ4v) is 60.8. The molecule has 2 aromatic carbocycles. The third-order valence-corrected chi connectivity index (χ3v) is 48.9. The number of fused-ring (bicyclic) bond motifs is 1. The molecular formula is C36H67BrGeSi6. The fourth-order valence-electron chi connectivity index (χ4n) is 10.2. The summed E-state index contributed by atoms with van der Waals surface area (Å²) >= 11 is 1.90. The number of benzene rings is 2. The molecule has 0 aliphatic carbocycles. The first kappa shape index (κ1) is 38.9. The Kier molecular flexibility index (Phi) is 11.3. The molecule has 1 unspecified atom stereocenters. The maximum absolute atomic E-state index is 4.80. The quantitative estimate of drug-likeness (QED) is 0.210. The first-order valence-corrected chi connectivity index (χ1v) is 47.3. The second-order valence-corrected chi connectivity index (χ2v) is 67.7. The summed E-state index contributed by atoms with van der Waals surface area (Å²) in [5.74, 6) is 0. The molecule has 0 spiro atoms. The van der Waals surface area contributed by atoms with E-state index in [1.807, 2.05) is 15.5 Å². The van der Waals surface area contributed by atoms with Gasteiger partial charge in [0, 0.05) is 0 Å². The molecule has 8 heteroatoms. The molecule has 1 atom stereocenters. The van der Waals surface area contributed by atoms with Crippen molar-refractivity contribution in [1.29, 1.82) is 0 Å². The number of hydrogen-bond donors (Lipinski definition) is 0. The zero-order chi connectivity index (χ0) is 34.1. The van der Waals surface area contributed by atoms with Crippen molar-refractivity contribution in [3.63, 3.8) is 0 Å². The average molecular weight is 821 g/mol. The van der Waals surface area contributed by atoms with Crippen LogP contribution in [0.5, 0.6) is 0 Å². The van der Waals surface area contributed by atoms with Crippen LogP contribution in [0.2, 0.25) is 118 Å². The van der Waals surface area contributed by atoms with Gasteiger partial charge < -0.3 is 0 Å². The third kappa shape index (κ3) is 8.56. The minimum absolute atomic E-state index is 0.738. The predicted octanol–water partition coefficient (Wildman–Crippen LogP) is 12.1. The Morgan fingerprint density at radius 1 is 0.545 bits per heavy atom. The van der Waals surface area contributed by atoms with Crippen molar-refractivity contribution >= 4 is 84.3 Å². The van der Waals surface area contributed by atoms with Gasteiger partial charge in [-0.25, -0.2) is 0 Å². The van der Waals surface area contributed by atoms with Crippen LogP contribution in [0.4, 0.5) is 0 Å². The van der Waals surface area contributed by atoms with E-state index in [-0.39, 0.29) is 0 Å². The molecule has 0 radical (unpaired) electrons. The molecule has 0 bridgehead atoms. The van der Waals surface area contributed by atoms with E-state index in [9.17, 15) is 0 Å². The van der Waals surface area contributed by atoms with Crippen molar-refractivity contribution in [2.75, 3.05) is 0 Å². The molecule has 3 rings (SSSR count). The van der Waals surface area contributed by atoms with Gasteiger partial charge in [-0.1, -0.05) is 0 Å². The number of halogens is 1. The molecule has 0 amide bonds. The molecule has 0 saturated carbocycles. The molecule has 1 aliphatic rings. The molecule has 1 heterocycles. The summed E-state index contributed by atoms with van der Waals surface area (Å²) in [6, 6.07) is 15.0. The van der Waals surface area contributed by atoms with E-state index in [1.165, 1.54) is 10.8 Å². The van der Waals surface area contributed by atoms with Gasteiger partial charge in [0.15, 0.2) is 0 Å². The zero-order valence-corrected chi connectivity index (χ0v) is 41.6. The molecule has 44 heavy (non-hydrogen) atoms. The molecule has 246 valence electrons. The van der Waals surface area contributed by atoms with E-state index in [1.54, 1.807) is 11.1 Å². The van der Waals surface area contributed by atoms with Gasteiger partial charge in [0.25, 0.3) is 0 Å². The van der Waals surface area contributed by atoms with Crippen LogP contribution in [-0.4, -0.2) is 59.9 Å². The molecule has 0 fully saturated rings. The molecule has 2 aromatic rings. The van der Waals surface area contributed by atoms with E-state index in [4.69, 9.17) is 14.0 Å². The predicted molar refractivity (Wildman–Crippen MR) is 228 cm³/mol. The molecule has 0 saturated heterocycles. The van der Waals surface area contributed by atoms with Crippen LogP contribution in [0.3, 0.4) is 0 Å². The first-order valence-electron chi connectivity index (χ1n) is 17.1. The topological polar surface area (TPSA) is 0 Å². The Morgan fingerprint density at radius 3 is 1.27 bits per heavy atom. The summed E-state index contributed by atoms with van der Waals surface area (Å²) in [7, 11) is -9.25. The van der Waals surface area contributed by atoms with Gasteiger partial charge in [-0.15, -0.1) is 0 Å². The molecule has 0 aromatic heterocycles. The van der Waals surface area contributed by atoms with Crippen molar-refractivity contribution in [3.05, 3.63) is 69.1 Å². The van der Waals surface area contributed by atoms with E-state index < -0.39 is 59.9 Å². The molecule has 1 aliphatic heterocycles. The van der Waals surface area contributed by atoms with Crippen LogP contribution in [0.1, 0.15) is 43.3 Å². The van der Waals surface area contributed by atoms with E-state index in [2.05, 4.69) is 165 Å². The maximum atomic E-state index is 4.80. The van der Waals surface area contributed by atoms with Crippen molar-refractivity contribution in [3.8, 4) is 0 Å². The summed E-state index contributed by atoms with van der Waals surface area (Å²) in [6.45, 7) is 48.3. The third-order valence-electron chi connectivity index (χ3n) is 9.82. The van der Waals surface area contributed by atoms with E-state index >= 15 is 0 Å². The Morgan fingerprint density at radius 2 is 0.909 bits per heavy atom. The van der Waals surface area contributed by atoms with Crippen LogP contribution < -0.4 is 4.40 Å². The zero-order valence-electron chi connectivity index (χ0n) is 31.9. The van der Waals surface area contributed by atoms with Crippen LogP contribution in [0.15, 0.2) is 41.3 Å². The Hall–Kier alpha value is 0.504. The second kappa shape index (κ2) is 12.8. The first-order chi connectivity index (χ1) is 19.5. The molecule has 0 nitrogen and oxygen atoms in total. The van der Waals surface area contributed by atoms with Gasteiger partial charge in [0.1, 0.15) is 0 Å². The fraction of sp³-hybridized carbons (Fsp3) is 0.611. The Balaban J connectivity index is 2.69. The summed E-state index contributed by atoms with van der Waals surface area (Å²) in [4.78, 5) is 2.75. The summed E-state index contributed by atoms with van der Waals surface area (Å²) in [6.07, 6.45) is 2.51. The Bertz CT molecular complexity index is 1280. The van der Waals surface area contributed by atoms with Crippen molar-refractivity contribution in [1.82, 2.24) is 0 Å². The van der Waals surface area contributed by atoms with Crippen molar-refractivity contribution in [2.24, 2.45) is 0 Å². The van der Waals surface area contributed by atoms with Gasteiger partial charge in [0.2, 0.25) is 0 Å². The summed E-state index contributed by atoms with van der Waals surface area (Å²) in [5.41, 5.74) is 8.41. The number of hydrogen-bond acceptors (Lipinski definition) is 0. The van der Waals surface area contributed by atoms with Gasteiger partial charge in [-0.3, -0.25) is 0 Å². The van der Waals surface area contributed by atoms with Crippen LogP contribution >= 0.6 is 14.0 Å². The van der Waals surface area contributed by atoms with Crippen molar-refractivity contribution < 1.29 is 0 Å². The summed E-state index contributed by atoms with van der Waals surface area (Å²) in [5, 5.41) is 3.45. The average Bonchev–Trinajstić information content (AvgIpc) is 2.72. The summed E-state index contributed by atoms with van der Waals surface area (Å²) < 4.78 is 1.87. The van der Waals surface area contributed by atoms with Gasteiger partial charge >= 0.3 is 292 Å². The van der Waals surface area contributed by atoms with E-state index in [0.29, 0.717) is 0 Å². The van der Waals surface area contributed by atoms with Crippen LogP contribution in [-0.2, 0) is 5.25 Å². The molecule has 0 N–H and O–H groups in total. The Labute approximate surface area is 289 Å². The van der Waals surface area contributed by atoms with Crippen LogP contribution in [0, 0.1) is 0 Å². The molecular weight excluding hydrogens is 753 g/mol. The van der Waals surface area contributed by atoms with Crippen LogP contribution in [0.25, 0.3) is 6.08 Å². The van der Waals surface area contributed by atoms with Gasteiger partial charge in [-0.05, 0) is 0 Å².